The maximum Gasteiger partial charge on any atom is 0.371 e. The van der Waals surface area contributed by atoms with Crippen LogP contribution in [0.3, 0.4) is 0 Å². The van der Waals surface area contributed by atoms with Crippen molar-refractivity contribution in [3.8, 4) is 0 Å². The van der Waals surface area contributed by atoms with Crippen molar-refractivity contribution in [2.75, 3.05) is 5.75 Å². The van der Waals surface area contributed by atoms with Gasteiger partial charge in [-0.05, 0) is 0 Å². The Bertz CT molecular complexity index is 292. The first-order valence-corrected chi connectivity index (χ1v) is 6.29. The Morgan fingerprint density at radius 1 is 1.00 bits per heavy atom. The van der Waals surface area contributed by atoms with Crippen molar-refractivity contribution in [3.63, 3.8) is 0 Å². The van der Waals surface area contributed by atoms with Gasteiger partial charge in [-0.15, -0.1) is 0 Å². The van der Waals surface area contributed by atoms with Crippen LogP contribution in [0.15, 0.2) is 0 Å². The third-order valence-electron chi connectivity index (χ3n) is 2.33. The highest BCUT2D eigenvalue weighted by Gasteiger charge is 2.69. The lowest BCUT2D eigenvalue weighted by Gasteiger charge is -2.32. The number of alkyl halides is 6. The van der Waals surface area contributed by atoms with Crippen LogP contribution in [0, 0.1) is 0 Å². The number of hydrogen-bond donors (Lipinski definition) is 0. The molecule has 18 heavy (non-hydrogen) atoms. The molecule has 0 fully saturated rings. The highest BCUT2D eigenvalue weighted by molar-refractivity contribution is 8.13. The fourth-order valence-electron chi connectivity index (χ4n) is 1.04. The van der Waals surface area contributed by atoms with Gasteiger partial charge in [-0.2, -0.15) is 26.3 Å². The summed E-state index contributed by atoms with van der Waals surface area (Å²) in [5, 5.41) is -0.448. The quantitative estimate of drug-likeness (QED) is 0.649. The number of halogens is 6. The number of hydrogen-bond acceptors (Lipinski definition) is 2. The molecule has 1 nitrogen and oxygen atoms in total. The summed E-state index contributed by atoms with van der Waals surface area (Å²) in [6.07, 6.45) is -2.78. The molecule has 0 unspecified atom stereocenters. The molecular formula is C10H14F6OS. The molecule has 0 bridgehead atoms. The van der Waals surface area contributed by atoms with Gasteiger partial charge in [-0.25, -0.2) is 0 Å². The summed E-state index contributed by atoms with van der Waals surface area (Å²) in [6.45, 7) is 2.19. The first-order chi connectivity index (χ1) is 8.02. The predicted octanol–water partition coefficient (Wildman–Crippen LogP) is 4.36. The van der Waals surface area contributed by atoms with E-state index in [9.17, 15) is 31.1 Å². The predicted molar refractivity (Wildman–Crippen MR) is 57.5 cm³/mol. The van der Waals surface area contributed by atoms with Crippen molar-refractivity contribution < 1.29 is 31.1 Å². The SMILES string of the molecule is CCC(=O)SCCC(F)(F)C(F)(F)C(F)(F)CC. The molecule has 0 spiro atoms. The molecule has 0 saturated heterocycles. The van der Waals surface area contributed by atoms with E-state index in [-0.39, 0.29) is 6.42 Å². The largest absolute Gasteiger partial charge is 0.371 e. The van der Waals surface area contributed by atoms with Gasteiger partial charge in [-0.3, -0.25) is 4.79 Å². The van der Waals surface area contributed by atoms with Crippen molar-refractivity contribution in [1.82, 2.24) is 0 Å². The molecule has 0 aromatic rings. The van der Waals surface area contributed by atoms with Gasteiger partial charge in [0.15, 0.2) is 5.12 Å². The lowest BCUT2D eigenvalue weighted by atomic mass is 10.0. The first-order valence-electron chi connectivity index (χ1n) is 5.31. The van der Waals surface area contributed by atoms with Crippen LogP contribution in [0.5, 0.6) is 0 Å². The van der Waals surface area contributed by atoms with Gasteiger partial charge in [0.25, 0.3) is 0 Å². The van der Waals surface area contributed by atoms with Crippen LogP contribution in [0.2, 0.25) is 0 Å². The van der Waals surface area contributed by atoms with Crippen LogP contribution in [-0.4, -0.2) is 28.6 Å². The second kappa shape index (κ2) is 6.16. The molecule has 0 radical (unpaired) electrons. The van der Waals surface area contributed by atoms with Gasteiger partial charge < -0.3 is 0 Å². The van der Waals surface area contributed by atoms with E-state index in [0.717, 1.165) is 0 Å². The summed E-state index contributed by atoms with van der Waals surface area (Å²) in [5.74, 6) is -15.6. The van der Waals surface area contributed by atoms with E-state index in [2.05, 4.69) is 0 Å². The molecule has 0 aliphatic carbocycles. The molecule has 0 aromatic carbocycles. The van der Waals surface area contributed by atoms with Crippen LogP contribution < -0.4 is 0 Å². The summed E-state index contributed by atoms with van der Waals surface area (Å²) in [6, 6.07) is 0. The fraction of sp³-hybridized carbons (Fsp3) is 0.900. The van der Waals surface area contributed by atoms with E-state index >= 15 is 0 Å². The summed E-state index contributed by atoms with van der Waals surface area (Å²) in [5.41, 5.74) is 0. The zero-order valence-corrected chi connectivity index (χ0v) is 10.7. The minimum atomic E-state index is -5.41. The van der Waals surface area contributed by atoms with Gasteiger partial charge in [0.2, 0.25) is 0 Å². The molecule has 0 N–H and O–H groups in total. The van der Waals surface area contributed by atoms with Gasteiger partial charge in [0.1, 0.15) is 0 Å². The smallest absolute Gasteiger partial charge is 0.287 e. The highest BCUT2D eigenvalue weighted by atomic mass is 32.2. The molecular weight excluding hydrogens is 282 g/mol. The van der Waals surface area contributed by atoms with Crippen LogP contribution >= 0.6 is 11.8 Å². The molecule has 0 aliphatic rings. The van der Waals surface area contributed by atoms with E-state index in [4.69, 9.17) is 0 Å². The van der Waals surface area contributed by atoms with Crippen molar-refractivity contribution in [2.24, 2.45) is 0 Å². The van der Waals surface area contributed by atoms with E-state index < -0.39 is 41.5 Å². The average Bonchev–Trinajstić information content (AvgIpc) is 2.27. The maximum absolute atomic E-state index is 13.1. The Balaban J connectivity index is 4.66. The minimum absolute atomic E-state index is 0.0672. The van der Waals surface area contributed by atoms with Gasteiger partial charge in [0.05, 0.1) is 0 Å². The molecule has 8 heteroatoms. The monoisotopic (exact) mass is 296 g/mol. The van der Waals surface area contributed by atoms with E-state index in [0.29, 0.717) is 18.7 Å². The van der Waals surface area contributed by atoms with E-state index in [1.807, 2.05) is 0 Å². The third-order valence-corrected chi connectivity index (χ3v) is 3.35. The van der Waals surface area contributed by atoms with E-state index in [1.165, 1.54) is 6.92 Å². The zero-order chi connectivity index (χ0) is 14.6. The number of rotatable bonds is 7. The zero-order valence-electron chi connectivity index (χ0n) is 9.91. The normalized spacial score (nSPS) is 13.8. The molecule has 0 aliphatic heterocycles. The Hall–Kier alpha value is -0.400. The molecule has 0 aromatic heterocycles. The summed E-state index contributed by atoms with van der Waals surface area (Å²) in [4.78, 5) is 10.8. The Kier molecular flexibility index (Phi) is 6.03. The van der Waals surface area contributed by atoms with Crippen LogP contribution in [0.25, 0.3) is 0 Å². The van der Waals surface area contributed by atoms with Crippen LogP contribution in [0.4, 0.5) is 26.3 Å². The lowest BCUT2D eigenvalue weighted by Crippen LogP contribution is -2.54. The van der Waals surface area contributed by atoms with Crippen molar-refractivity contribution in [3.05, 3.63) is 0 Å². The van der Waals surface area contributed by atoms with Gasteiger partial charge in [0, 0.05) is 25.0 Å². The summed E-state index contributed by atoms with van der Waals surface area (Å²) >= 11 is 0.440. The first kappa shape index (κ1) is 17.6. The van der Waals surface area contributed by atoms with Crippen molar-refractivity contribution in [1.29, 1.82) is 0 Å². The van der Waals surface area contributed by atoms with Crippen molar-refractivity contribution >= 4 is 16.9 Å². The van der Waals surface area contributed by atoms with Crippen LogP contribution in [0.1, 0.15) is 33.1 Å². The topological polar surface area (TPSA) is 17.1 Å². The maximum atomic E-state index is 13.1. The average molecular weight is 296 g/mol. The molecule has 0 heterocycles. The van der Waals surface area contributed by atoms with Crippen LogP contribution in [-0.2, 0) is 4.79 Å². The number of carbonyl (C=O) groups excluding carboxylic acids is 1. The molecule has 0 saturated carbocycles. The Labute approximate surface area is 105 Å². The molecule has 0 atom stereocenters. The van der Waals surface area contributed by atoms with Gasteiger partial charge >= 0.3 is 17.8 Å². The fourth-order valence-corrected chi connectivity index (χ4v) is 1.83. The summed E-state index contributed by atoms with van der Waals surface area (Å²) in [7, 11) is 0. The van der Waals surface area contributed by atoms with Crippen molar-refractivity contribution in [2.45, 2.75) is 50.9 Å². The minimum Gasteiger partial charge on any atom is -0.287 e. The molecule has 0 amide bonds. The third kappa shape index (κ3) is 3.80. The second-order valence-electron chi connectivity index (χ2n) is 3.66. The number of thioether (sulfide) groups is 1. The highest BCUT2D eigenvalue weighted by Crippen LogP contribution is 2.48. The van der Waals surface area contributed by atoms with E-state index in [1.54, 1.807) is 0 Å². The second-order valence-corrected chi connectivity index (χ2v) is 4.81. The molecule has 0 rings (SSSR count). The molecule has 108 valence electrons. The Morgan fingerprint density at radius 2 is 1.50 bits per heavy atom. The summed E-state index contributed by atoms with van der Waals surface area (Å²) < 4.78 is 77.7. The van der Waals surface area contributed by atoms with Gasteiger partial charge in [-0.1, -0.05) is 25.6 Å². The number of carbonyl (C=O) groups is 1. The Morgan fingerprint density at radius 3 is 1.89 bits per heavy atom. The standard InChI is InChI=1S/C10H14F6OS/c1-3-7(17)18-6-5-9(13,14)10(15,16)8(11,12)4-2/h3-6H2,1-2H3. The lowest BCUT2D eigenvalue weighted by molar-refractivity contribution is -0.309.